The Labute approximate surface area is 91.6 Å². The van der Waals surface area contributed by atoms with E-state index in [0.717, 1.165) is 17.4 Å². The fraction of sp³-hybridized carbons (Fsp3) is 0.538. The molecule has 1 N–H and O–H groups in total. The molecule has 1 fully saturated rings. The summed E-state index contributed by atoms with van der Waals surface area (Å²) in [4.78, 5) is 0. The maximum atomic E-state index is 5.32. The molecule has 1 aromatic rings. The van der Waals surface area contributed by atoms with E-state index in [-0.39, 0.29) is 0 Å². The molecule has 2 heteroatoms. The van der Waals surface area contributed by atoms with Crippen molar-refractivity contribution in [1.82, 2.24) is 0 Å². The van der Waals surface area contributed by atoms with E-state index < -0.39 is 0 Å². The third kappa shape index (κ3) is 2.44. The van der Waals surface area contributed by atoms with Gasteiger partial charge in [0, 0.05) is 6.04 Å². The van der Waals surface area contributed by atoms with Gasteiger partial charge in [-0.05, 0) is 37.3 Å². The third-order valence-electron chi connectivity index (χ3n) is 3.16. The van der Waals surface area contributed by atoms with Crippen LogP contribution in [0.1, 0.15) is 26.2 Å². The van der Waals surface area contributed by atoms with E-state index in [0.29, 0.717) is 6.04 Å². The number of rotatable bonds is 3. The van der Waals surface area contributed by atoms with Crippen LogP contribution in [0.2, 0.25) is 0 Å². The van der Waals surface area contributed by atoms with Crippen molar-refractivity contribution in [2.45, 2.75) is 32.2 Å². The van der Waals surface area contributed by atoms with E-state index in [2.05, 4.69) is 18.3 Å². The van der Waals surface area contributed by atoms with E-state index in [1.807, 2.05) is 18.2 Å². The van der Waals surface area contributed by atoms with Crippen LogP contribution in [0, 0.1) is 5.92 Å². The van der Waals surface area contributed by atoms with Crippen LogP contribution in [0.25, 0.3) is 0 Å². The lowest BCUT2D eigenvalue weighted by Crippen LogP contribution is -2.15. The highest BCUT2D eigenvalue weighted by atomic mass is 16.5. The average Bonchev–Trinajstić information content (AvgIpc) is 2.65. The summed E-state index contributed by atoms with van der Waals surface area (Å²) < 4.78 is 5.32. The zero-order valence-corrected chi connectivity index (χ0v) is 9.49. The van der Waals surface area contributed by atoms with Crippen LogP contribution in [-0.2, 0) is 0 Å². The van der Waals surface area contributed by atoms with Crippen LogP contribution in [0.3, 0.4) is 0 Å². The SMILES string of the molecule is COc1ccccc1N[C@@H]1CC[C@H](C)C1. The highest BCUT2D eigenvalue weighted by Crippen LogP contribution is 2.30. The summed E-state index contributed by atoms with van der Waals surface area (Å²) in [6.07, 6.45) is 3.89. The predicted molar refractivity (Wildman–Crippen MR) is 63.4 cm³/mol. The smallest absolute Gasteiger partial charge is 0.141 e. The second kappa shape index (κ2) is 4.56. The van der Waals surface area contributed by atoms with Crippen LogP contribution in [0.15, 0.2) is 24.3 Å². The fourth-order valence-electron chi connectivity index (χ4n) is 2.32. The van der Waals surface area contributed by atoms with Gasteiger partial charge in [-0.3, -0.25) is 0 Å². The number of methoxy groups -OCH3 is 1. The quantitative estimate of drug-likeness (QED) is 0.817. The molecule has 0 saturated heterocycles. The molecule has 1 aromatic carbocycles. The van der Waals surface area contributed by atoms with E-state index in [9.17, 15) is 0 Å². The van der Waals surface area contributed by atoms with E-state index in [1.54, 1.807) is 7.11 Å². The molecule has 0 aromatic heterocycles. The minimum atomic E-state index is 0.622. The van der Waals surface area contributed by atoms with Gasteiger partial charge in [0.2, 0.25) is 0 Å². The van der Waals surface area contributed by atoms with Gasteiger partial charge < -0.3 is 10.1 Å². The van der Waals surface area contributed by atoms with Gasteiger partial charge in [-0.15, -0.1) is 0 Å². The van der Waals surface area contributed by atoms with Crippen molar-refractivity contribution in [1.29, 1.82) is 0 Å². The van der Waals surface area contributed by atoms with Crippen LogP contribution < -0.4 is 10.1 Å². The summed E-state index contributed by atoms with van der Waals surface area (Å²) >= 11 is 0. The molecule has 1 aliphatic carbocycles. The summed E-state index contributed by atoms with van der Waals surface area (Å²) in [5.74, 6) is 1.80. The maximum Gasteiger partial charge on any atom is 0.141 e. The standard InChI is InChI=1S/C13H19NO/c1-10-7-8-11(9-10)14-12-5-3-4-6-13(12)15-2/h3-6,10-11,14H,7-9H2,1-2H3/t10-,11+/m0/s1. The molecule has 2 nitrogen and oxygen atoms in total. The lowest BCUT2D eigenvalue weighted by Gasteiger charge is -2.16. The van der Waals surface area contributed by atoms with Gasteiger partial charge in [0.1, 0.15) is 5.75 Å². The molecule has 1 aliphatic rings. The summed E-state index contributed by atoms with van der Waals surface area (Å²) in [6, 6.07) is 8.75. The number of hydrogen-bond acceptors (Lipinski definition) is 2. The van der Waals surface area contributed by atoms with Gasteiger partial charge in [-0.2, -0.15) is 0 Å². The molecule has 15 heavy (non-hydrogen) atoms. The largest absolute Gasteiger partial charge is 0.495 e. The van der Waals surface area contributed by atoms with E-state index >= 15 is 0 Å². The van der Waals surface area contributed by atoms with Crippen LogP contribution in [-0.4, -0.2) is 13.2 Å². The highest BCUT2D eigenvalue weighted by molar-refractivity contribution is 5.56. The van der Waals surface area contributed by atoms with E-state index in [1.165, 1.54) is 19.3 Å². The summed E-state index contributed by atoms with van der Waals surface area (Å²) in [6.45, 7) is 2.32. The van der Waals surface area contributed by atoms with Gasteiger partial charge in [0.25, 0.3) is 0 Å². The Balaban J connectivity index is 2.04. The lowest BCUT2D eigenvalue weighted by molar-refractivity contribution is 0.416. The van der Waals surface area contributed by atoms with Crippen molar-refractivity contribution >= 4 is 5.69 Å². The zero-order chi connectivity index (χ0) is 10.7. The highest BCUT2D eigenvalue weighted by Gasteiger charge is 2.21. The van der Waals surface area contributed by atoms with Gasteiger partial charge in [-0.1, -0.05) is 19.1 Å². The topological polar surface area (TPSA) is 21.3 Å². The first-order valence-electron chi connectivity index (χ1n) is 5.69. The molecule has 0 bridgehead atoms. The van der Waals surface area contributed by atoms with Crippen LogP contribution >= 0.6 is 0 Å². The molecule has 1 saturated carbocycles. The van der Waals surface area contributed by atoms with Gasteiger partial charge in [0.05, 0.1) is 12.8 Å². The van der Waals surface area contributed by atoms with Crippen molar-refractivity contribution < 1.29 is 4.74 Å². The monoisotopic (exact) mass is 205 g/mol. The summed E-state index contributed by atoms with van der Waals surface area (Å²) in [5, 5.41) is 3.57. The minimum absolute atomic E-state index is 0.622. The average molecular weight is 205 g/mol. The molecule has 0 amide bonds. The Hall–Kier alpha value is -1.18. The lowest BCUT2D eigenvalue weighted by atomic mass is 10.1. The normalized spacial score (nSPS) is 25.2. The van der Waals surface area contributed by atoms with Gasteiger partial charge in [-0.25, -0.2) is 0 Å². The Morgan fingerprint density at radius 2 is 2.07 bits per heavy atom. The Morgan fingerprint density at radius 3 is 2.73 bits per heavy atom. The first kappa shape index (κ1) is 10.3. The maximum absolute atomic E-state index is 5.32. The molecule has 2 atom stereocenters. The Kier molecular flexibility index (Phi) is 3.14. The molecule has 0 spiro atoms. The van der Waals surface area contributed by atoms with Crippen molar-refractivity contribution in [3.63, 3.8) is 0 Å². The summed E-state index contributed by atoms with van der Waals surface area (Å²) in [5.41, 5.74) is 1.12. The first-order valence-corrected chi connectivity index (χ1v) is 5.69. The predicted octanol–water partition coefficient (Wildman–Crippen LogP) is 3.30. The van der Waals surface area contributed by atoms with E-state index in [4.69, 9.17) is 4.74 Å². The molecule has 0 unspecified atom stereocenters. The van der Waals surface area contributed by atoms with Crippen molar-refractivity contribution in [3.05, 3.63) is 24.3 Å². The number of para-hydroxylation sites is 2. The molecular formula is C13H19NO. The van der Waals surface area contributed by atoms with Crippen LogP contribution in [0.4, 0.5) is 5.69 Å². The number of nitrogens with one attached hydrogen (secondary N) is 1. The fourth-order valence-corrected chi connectivity index (χ4v) is 2.32. The molecular weight excluding hydrogens is 186 g/mol. The number of anilines is 1. The third-order valence-corrected chi connectivity index (χ3v) is 3.16. The number of hydrogen-bond donors (Lipinski definition) is 1. The van der Waals surface area contributed by atoms with Gasteiger partial charge in [0.15, 0.2) is 0 Å². The summed E-state index contributed by atoms with van der Waals surface area (Å²) in [7, 11) is 1.72. The van der Waals surface area contributed by atoms with Crippen LogP contribution in [0.5, 0.6) is 5.75 Å². The zero-order valence-electron chi connectivity index (χ0n) is 9.49. The Morgan fingerprint density at radius 1 is 1.27 bits per heavy atom. The second-order valence-corrected chi connectivity index (χ2v) is 4.46. The molecule has 0 heterocycles. The molecule has 0 radical (unpaired) electrons. The molecule has 2 rings (SSSR count). The number of ether oxygens (including phenoxy) is 1. The number of benzene rings is 1. The molecule has 82 valence electrons. The van der Waals surface area contributed by atoms with Crippen molar-refractivity contribution in [2.75, 3.05) is 12.4 Å². The van der Waals surface area contributed by atoms with Gasteiger partial charge >= 0.3 is 0 Å². The second-order valence-electron chi connectivity index (χ2n) is 4.46. The van der Waals surface area contributed by atoms with Crippen molar-refractivity contribution in [2.24, 2.45) is 5.92 Å². The van der Waals surface area contributed by atoms with Crippen molar-refractivity contribution in [3.8, 4) is 5.75 Å². The minimum Gasteiger partial charge on any atom is -0.495 e. The molecule has 0 aliphatic heterocycles. The first-order chi connectivity index (χ1) is 7.29. The Bertz CT molecular complexity index is 324.